The second kappa shape index (κ2) is 19.2. The number of halogens is 11. The Labute approximate surface area is 400 Å². The molecule has 0 bridgehead atoms. The van der Waals surface area contributed by atoms with Gasteiger partial charge in [-0.25, -0.2) is 28.0 Å². The summed E-state index contributed by atoms with van der Waals surface area (Å²) in [5, 5.41) is 0. The molecule has 49 heavy (non-hydrogen) atoms. The smallest absolute Gasteiger partial charge is 0.344 e. The third-order valence-corrected chi connectivity index (χ3v) is 12.5. The van der Waals surface area contributed by atoms with E-state index in [-0.39, 0.29) is 17.2 Å². The highest BCUT2D eigenvalue weighted by Gasteiger charge is 2.31. The van der Waals surface area contributed by atoms with E-state index in [4.69, 9.17) is 18.9 Å². The molecule has 4 aromatic rings. The SMILES string of the molecule is O=C(OCC(F)F)c1cc(C(=O)Oc2c(I)cc(I)cc2I)c(C(=O)Oc2c(I)cc(I)cc2I)cc1C(=O)Oc1c(I)cc(I)cc1I. The van der Waals surface area contributed by atoms with E-state index in [0.29, 0.717) is 21.4 Å². The predicted octanol–water partition coefficient (Wildman–Crippen LogP) is 11.2. The van der Waals surface area contributed by atoms with Crippen LogP contribution in [-0.4, -0.2) is 36.9 Å². The Hall–Kier alpha value is 1.19. The van der Waals surface area contributed by atoms with Gasteiger partial charge in [0.2, 0.25) is 0 Å². The predicted molar refractivity (Wildman–Crippen MR) is 251 cm³/mol. The van der Waals surface area contributed by atoms with Crippen molar-refractivity contribution in [3.05, 3.63) is 103 Å². The highest BCUT2D eigenvalue weighted by Crippen LogP contribution is 2.35. The van der Waals surface area contributed by atoms with Gasteiger partial charge in [-0.15, -0.1) is 0 Å². The third-order valence-electron chi connectivity index (χ3n) is 5.85. The molecule has 0 atom stereocenters. The Morgan fingerprint density at radius 3 is 0.939 bits per heavy atom. The zero-order valence-corrected chi connectivity index (χ0v) is 42.7. The number of ether oxygens (including phenoxy) is 4. The van der Waals surface area contributed by atoms with Crippen LogP contribution < -0.4 is 14.2 Å². The molecule has 256 valence electrons. The molecule has 0 spiro atoms. The van der Waals surface area contributed by atoms with Gasteiger partial charge in [0, 0.05) is 10.7 Å². The third kappa shape index (κ3) is 11.4. The first-order valence-electron chi connectivity index (χ1n) is 12.7. The number of hydrogen-bond acceptors (Lipinski definition) is 8. The van der Waals surface area contributed by atoms with E-state index in [0.717, 1.165) is 22.8 Å². The molecule has 0 aliphatic carbocycles. The van der Waals surface area contributed by atoms with E-state index in [2.05, 4.69) is 67.8 Å². The molecule has 0 radical (unpaired) electrons. The van der Waals surface area contributed by atoms with Crippen molar-refractivity contribution in [1.82, 2.24) is 0 Å². The molecule has 4 aromatic carbocycles. The van der Waals surface area contributed by atoms with Gasteiger partial charge in [-0.05, 0) is 252 Å². The molecule has 0 aliphatic rings. The first-order chi connectivity index (χ1) is 23.0. The number of esters is 4. The van der Waals surface area contributed by atoms with E-state index in [9.17, 15) is 28.0 Å². The van der Waals surface area contributed by atoms with Crippen molar-refractivity contribution in [3.8, 4) is 17.2 Å². The largest absolute Gasteiger partial charge is 0.456 e. The lowest BCUT2D eigenvalue weighted by atomic mass is 9.97. The van der Waals surface area contributed by atoms with Gasteiger partial charge in [0.25, 0.3) is 6.43 Å². The molecular weight excluding hydrogens is 1670 g/mol. The fourth-order valence-electron chi connectivity index (χ4n) is 3.81. The second-order valence-corrected chi connectivity index (χ2v) is 19.9. The van der Waals surface area contributed by atoms with E-state index in [1.807, 2.05) is 136 Å². The highest BCUT2D eigenvalue weighted by molar-refractivity contribution is 14.1. The van der Waals surface area contributed by atoms with Crippen LogP contribution in [0.4, 0.5) is 8.78 Å². The van der Waals surface area contributed by atoms with Crippen LogP contribution in [0.2, 0.25) is 0 Å². The number of hydrogen-bond donors (Lipinski definition) is 0. The van der Waals surface area contributed by atoms with Crippen molar-refractivity contribution in [3.63, 3.8) is 0 Å². The topological polar surface area (TPSA) is 105 Å². The zero-order chi connectivity index (χ0) is 36.3. The minimum absolute atomic E-state index is 0.164. The van der Waals surface area contributed by atoms with Crippen LogP contribution in [0.3, 0.4) is 0 Å². The Morgan fingerprint density at radius 1 is 0.449 bits per heavy atom. The Kier molecular flexibility index (Phi) is 16.8. The normalized spacial score (nSPS) is 10.9. The van der Waals surface area contributed by atoms with Crippen LogP contribution in [0.5, 0.6) is 17.2 Å². The molecule has 0 saturated heterocycles. The average molecular weight is 1680 g/mol. The number of carbonyl (C=O) groups excluding carboxylic acids is 4. The van der Waals surface area contributed by atoms with Gasteiger partial charge in [-0.2, -0.15) is 0 Å². The Bertz CT molecular complexity index is 1950. The summed E-state index contributed by atoms with van der Waals surface area (Å²) in [6.07, 6.45) is -3.02. The maximum atomic E-state index is 13.9. The van der Waals surface area contributed by atoms with Crippen LogP contribution in [0, 0.1) is 32.1 Å². The van der Waals surface area contributed by atoms with Crippen molar-refractivity contribution in [2.24, 2.45) is 0 Å². The summed E-state index contributed by atoms with van der Waals surface area (Å²) in [6.45, 7) is -1.29. The van der Waals surface area contributed by atoms with Gasteiger partial charge in [0.15, 0.2) is 23.9 Å². The molecule has 8 nitrogen and oxygen atoms in total. The molecule has 0 aliphatic heterocycles. The minimum atomic E-state index is -3.02. The van der Waals surface area contributed by atoms with Gasteiger partial charge >= 0.3 is 23.9 Å². The van der Waals surface area contributed by atoms with Crippen LogP contribution in [0.1, 0.15) is 41.4 Å². The number of benzene rings is 4. The molecule has 4 rings (SSSR count). The summed E-state index contributed by atoms with van der Waals surface area (Å²) in [5.74, 6) is -4.07. The number of rotatable bonds is 9. The van der Waals surface area contributed by atoms with Crippen LogP contribution in [0.15, 0.2) is 48.5 Å². The standard InChI is InChI=1S/C30H11F2I9O8/c31-23(32)9-46-27(42)13-7-15(29(44)48-25-19(38)3-11(34)4-20(25)39)16(30(45)49-26-21(40)5-12(35)6-22(26)41)8-14(13)28(43)47-24-17(36)1-10(33)2-18(24)37/h1-8,23H,9H2. The van der Waals surface area contributed by atoms with Gasteiger partial charge in [0.05, 0.1) is 43.7 Å². The maximum absolute atomic E-state index is 13.9. The number of carbonyl (C=O) groups is 4. The van der Waals surface area contributed by atoms with E-state index in [1.165, 1.54) is 0 Å². The van der Waals surface area contributed by atoms with Crippen molar-refractivity contribution in [2.45, 2.75) is 6.43 Å². The van der Waals surface area contributed by atoms with Crippen LogP contribution >= 0.6 is 203 Å². The molecule has 0 fully saturated rings. The lowest BCUT2D eigenvalue weighted by Crippen LogP contribution is -2.24. The maximum Gasteiger partial charge on any atom is 0.344 e. The van der Waals surface area contributed by atoms with E-state index >= 15 is 0 Å². The lowest BCUT2D eigenvalue weighted by molar-refractivity contribution is 0.0157. The fraction of sp³-hybridized carbons (Fsp3) is 0.0667. The summed E-state index contributed by atoms with van der Waals surface area (Å²) >= 11 is 18.2. The van der Waals surface area contributed by atoms with Crippen molar-refractivity contribution >= 4 is 227 Å². The van der Waals surface area contributed by atoms with Gasteiger partial charge in [-0.1, -0.05) is 0 Å². The molecule has 0 heterocycles. The molecule has 0 unspecified atom stereocenters. The summed E-state index contributed by atoms with van der Waals surface area (Å²) in [5.41, 5.74) is -2.06. The van der Waals surface area contributed by atoms with Crippen molar-refractivity contribution in [1.29, 1.82) is 0 Å². The van der Waals surface area contributed by atoms with Crippen molar-refractivity contribution < 1.29 is 46.9 Å². The van der Waals surface area contributed by atoms with Crippen LogP contribution in [0.25, 0.3) is 0 Å². The molecule has 0 amide bonds. The monoisotopic (exact) mass is 1680 g/mol. The van der Waals surface area contributed by atoms with Gasteiger partial charge in [0.1, 0.15) is 0 Å². The molecule has 0 aromatic heterocycles. The van der Waals surface area contributed by atoms with Crippen molar-refractivity contribution in [2.75, 3.05) is 6.61 Å². The van der Waals surface area contributed by atoms with Gasteiger partial charge in [-0.3, -0.25) is 0 Å². The highest BCUT2D eigenvalue weighted by atomic mass is 127. The fourth-order valence-corrected chi connectivity index (χ4v) is 15.2. The summed E-state index contributed by atoms with van der Waals surface area (Å²) in [7, 11) is 0. The minimum Gasteiger partial charge on any atom is -0.456 e. The quantitative estimate of drug-likeness (QED) is 0.0927. The second-order valence-electron chi connectivity index (χ2n) is 9.20. The lowest BCUT2D eigenvalue weighted by Gasteiger charge is -2.17. The molecule has 19 heteroatoms. The molecule has 0 N–H and O–H groups in total. The Morgan fingerprint density at radius 2 is 0.694 bits per heavy atom. The first-order valence-corrected chi connectivity index (χ1v) is 22.4. The molecular formula is C30H11F2I9O8. The number of alkyl halides is 2. The summed E-state index contributed by atoms with van der Waals surface area (Å²) in [4.78, 5) is 54.8. The zero-order valence-electron chi connectivity index (χ0n) is 23.3. The van der Waals surface area contributed by atoms with Crippen LogP contribution in [-0.2, 0) is 4.74 Å². The summed E-state index contributed by atoms with van der Waals surface area (Å²) < 4.78 is 54.2. The first kappa shape index (κ1) is 42.9. The van der Waals surface area contributed by atoms with E-state index in [1.54, 1.807) is 36.4 Å². The summed E-state index contributed by atoms with van der Waals surface area (Å²) in [6, 6.07) is 12.4. The van der Waals surface area contributed by atoms with Gasteiger partial charge < -0.3 is 18.9 Å². The van der Waals surface area contributed by atoms with E-state index < -0.39 is 59.2 Å². The Balaban J connectivity index is 1.93. The average Bonchev–Trinajstić information content (AvgIpc) is 3.00. The molecule has 0 saturated carbocycles.